The molecular weight excluding hydrogens is 277 g/mol. The Bertz CT molecular complexity index is 588. The number of ether oxygens (including phenoxy) is 1. The van der Waals surface area contributed by atoms with Gasteiger partial charge in [-0.1, -0.05) is 0 Å². The summed E-state index contributed by atoms with van der Waals surface area (Å²) in [4.78, 5) is 42.2. The van der Waals surface area contributed by atoms with Gasteiger partial charge in [0.2, 0.25) is 0 Å². The van der Waals surface area contributed by atoms with Gasteiger partial charge in [0.15, 0.2) is 0 Å². The van der Waals surface area contributed by atoms with Crippen LogP contribution in [-0.4, -0.2) is 38.3 Å². The topological polar surface area (TPSA) is 148 Å². The van der Waals surface area contributed by atoms with E-state index in [1.165, 1.54) is 17.7 Å². The zero-order valence-electron chi connectivity index (χ0n) is 10.3. The van der Waals surface area contributed by atoms with Gasteiger partial charge in [-0.15, -0.1) is 0 Å². The predicted molar refractivity (Wildman–Crippen MR) is 66.9 cm³/mol. The van der Waals surface area contributed by atoms with Gasteiger partial charge in [0.25, 0.3) is 5.56 Å². The minimum Gasteiger partial charge on any atom is -0.362 e. The van der Waals surface area contributed by atoms with Crippen LogP contribution in [0, 0.1) is 6.92 Å². The molecule has 0 fully saturated rings. The number of nitrogens with zero attached hydrogens (tertiary/aromatic N) is 1. The van der Waals surface area contributed by atoms with Crippen LogP contribution in [0.1, 0.15) is 5.56 Å². The van der Waals surface area contributed by atoms with E-state index in [0.717, 1.165) is 0 Å². The molecule has 1 rings (SSSR count). The van der Waals surface area contributed by atoms with Crippen molar-refractivity contribution >= 4 is 7.60 Å². The molecule has 0 aliphatic heterocycles. The molecule has 0 aliphatic rings. The van der Waals surface area contributed by atoms with Gasteiger partial charge < -0.3 is 20.3 Å². The van der Waals surface area contributed by atoms with Crippen molar-refractivity contribution in [2.45, 2.75) is 19.6 Å². The Morgan fingerprint density at radius 2 is 2.16 bits per heavy atom. The predicted octanol–water partition coefficient (Wildman–Crippen LogP) is -1.68. The van der Waals surface area contributed by atoms with Crippen LogP contribution in [-0.2, 0) is 15.8 Å². The molecule has 0 spiro atoms. The lowest BCUT2D eigenvalue weighted by atomic mass is 10.3. The molecule has 0 saturated heterocycles. The minimum atomic E-state index is -4.29. The smallest absolute Gasteiger partial charge is 0.350 e. The average Bonchev–Trinajstić information content (AvgIpc) is 2.29. The largest absolute Gasteiger partial charge is 0.362 e. The molecule has 19 heavy (non-hydrogen) atoms. The van der Waals surface area contributed by atoms with E-state index in [2.05, 4.69) is 4.98 Å². The van der Waals surface area contributed by atoms with E-state index in [0.29, 0.717) is 5.56 Å². The summed E-state index contributed by atoms with van der Waals surface area (Å²) in [6.07, 6.45) is -0.174. The Morgan fingerprint density at radius 3 is 2.68 bits per heavy atom. The summed E-state index contributed by atoms with van der Waals surface area (Å²) >= 11 is 0. The van der Waals surface area contributed by atoms with E-state index in [-0.39, 0.29) is 13.1 Å². The fourth-order valence-electron chi connectivity index (χ4n) is 1.37. The second kappa shape index (κ2) is 6.27. The van der Waals surface area contributed by atoms with Crippen LogP contribution in [0.2, 0.25) is 0 Å². The fraction of sp³-hybridized carbons (Fsp3) is 0.556. The molecule has 0 amide bonds. The van der Waals surface area contributed by atoms with E-state index in [1.54, 1.807) is 0 Å². The molecule has 0 radical (unpaired) electrons. The van der Waals surface area contributed by atoms with Crippen LogP contribution in [0.5, 0.6) is 0 Å². The number of nitrogens with two attached hydrogens (primary N) is 1. The van der Waals surface area contributed by atoms with Gasteiger partial charge in [-0.05, 0) is 6.92 Å². The highest BCUT2D eigenvalue weighted by molar-refractivity contribution is 7.51. The normalized spacial score (nSPS) is 13.5. The first-order valence-electron chi connectivity index (χ1n) is 5.39. The maximum absolute atomic E-state index is 11.5. The Balaban J connectivity index is 2.82. The molecule has 0 aliphatic carbocycles. The first-order chi connectivity index (χ1) is 8.73. The highest BCUT2D eigenvalue weighted by Crippen LogP contribution is 2.34. The lowest BCUT2D eigenvalue weighted by Crippen LogP contribution is -2.37. The first-order valence-corrected chi connectivity index (χ1v) is 7.19. The van der Waals surface area contributed by atoms with Crippen molar-refractivity contribution in [1.82, 2.24) is 9.55 Å². The molecule has 1 heterocycles. The number of nitrogens with one attached hydrogen (secondary N) is 1. The van der Waals surface area contributed by atoms with E-state index in [4.69, 9.17) is 20.3 Å². The molecular formula is C9H16N3O6P. The monoisotopic (exact) mass is 293 g/mol. The number of hydrogen-bond donors (Lipinski definition) is 4. The molecule has 1 atom stereocenters. The number of H-pyrrole nitrogens is 1. The Labute approximate surface area is 108 Å². The standard InChI is InChI=1S/C9H16N3O6P/c1-6-3-12(9(14)11-8(6)13)4-7(2-10)18-5-19(15,16)17/h3,7H,2,4-5,10H2,1H3,(H,11,13,14)(H2,15,16,17). The number of aromatic amines is 1. The van der Waals surface area contributed by atoms with Crippen molar-refractivity contribution < 1.29 is 19.1 Å². The molecule has 0 saturated carbocycles. The molecule has 108 valence electrons. The second-order valence-electron chi connectivity index (χ2n) is 4.04. The number of aromatic nitrogens is 2. The summed E-state index contributed by atoms with van der Waals surface area (Å²) in [7, 11) is -4.29. The highest BCUT2D eigenvalue weighted by atomic mass is 31.2. The number of rotatable bonds is 6. The van der Waals surface area contributed by atoms with Crippen LogP contribution in [0.25, 0.3) is 0 Å². The minimum absolute atomic E-state index is 0.00699. The summed E-state index contributed by atoms with van der Waals surface area (Å²) in [5, 5.41) is 0. The van der Waals surface area contributed by atoms with Crippen molar-refractivity contribution in [3.8, 4) is 0 Å². The van der Waals surface area contributed by atoms with Crippen LogP contribution >= 0.6 is 7.60 Å². The second-order valence-corrected chi connectivity index (χ2v) is 5.63. The molecule has 1 aromatic rings. The molecule has 10 heteroatoms. The Kier molecular flexibility index (Phi) is 5.21. The summed E-state index contributed by atoms with van der Waals surface area (Å²) in [5.41, 5.74) is 4.63. The summed E-state index contributed by atoms with van der Waals surface area (Å²) in [6, 6.07) is 0. The SMILES string of the molecule is Cc1cn(CC(CN)OCP(=O)(O)O)c(=O)[nH]c1=O. The quantitative estimate of drug-likeness (QED) is 0.458. The fourth-order valence-corrected chi connectivity index (χ4v) is 1.78. The third-order valence-electron chi connectivity index (χ3n) is 2.33. The Hall–Kier alpha value is -1.25. The van der Waals surface area contributed by atoms with Crippen molar-refractivity contribution in [2.24, 2.45) is 5.73 Å². The summed E-state index contributed by atoms with van der Waals surface area (Å²) in [6.45, 7) is 1.50. The van der Waals surface area contributed by atoms with Gasteiger partial charge in [-0.2, -0.15) is 0 Å². The number of aryl methyl sites for hydroxylation is 1. The zero-order valence-corrected chi connectivity index (χ0v) is 11.2. The molecule has 1 aromatic heterocycles. The summed E-state index contributed by atoms with van der Waals surface area (Å²) < 4.78 is 16.8. The molecule has 0 bridgehead atoms. The average molecular weight is 293 g/mol. The first kappa shape index (κ1) is 15.8. The lowest BCUT2D eigenvalue weighted by molar-refractivity contribution is 0.0673. The van der Waals surface area contributed by atoms with Gasteiger partial charge >= 0.3 is 13.3 Å². The summed E-state index contributed by atoms with van der Waals surface area (Å²) in [5.74, 6) is 0. The van der Waals surface area contributed by atoms with E-state index >= 15 is 0 Å². The van der Waals surface area contributed by atoms with Crippen molar-refractivity contribution in [2.75, 3.05) is 12.9 Å². The van der Waals surface area contributed by atoms with Crippen molar-refractivity contribution in [3.63, 3.8) is 0 Å². The van der Waals surface area contributed by atoms with E-state index < -0.39 is 31.3 Å². The molecule has 1 unspecified atom stereocenters. The molecule has 5 N–H and O–H groups in total. The van der Waals surface area contributed by atoms with Gasteiger partial charge in [0.05, 0.1) is 12.6 Å². The maximum Gasteiger partial charge on any atom is 0.350 e. The maximum atomic E-state index is 11.5. The Morgan fingerprint density at radius 1 is 1.53 bits per heavy atom. The van der Waals surface area contributed by atoms with Crippen molar-refractivity contribution in [1.29, 1.82) is 0 Å². The third-order valence-corrected chi connectivity index (χ3v) is 2.82. The third kappa shape index (κ3) is 5.09. The van der Waals surface area contributed by atoms with Gasteiger partial charge in [0.1, 0.15) is 6.35 Å². The lowest BCUT2D eigenvalue weighted by Gasteiger charge is -2.17. The molecule has 9 nitrogen and oxygen atoms in total. The van der Waals surface area contributed by atoms with E-state index in [9.17, 15) is 14.2 Å². The van der Waals surface area contributed by atoms with Gasteiger partial charge in [-0.25, -0.2) is 4.79 Å². The van der Waals surface area contributed by atoms with Crippen molar-refractivity contribution in [3.05, 3.63) is 32.6 Å². The van der Waals surface area contributed by atoms with Crippen LogP contribution in [0.15, 0.2) is 15.8 Å². The van der Waals surface area contributed by atoms with Gasteiger partial charge in [0, 0.05) is 18.3 Å². The zero-order chi connectivity index (χ0) is 14.6. The van der Waals surface area contributed by atoms with Crippen LogP contribution < -0.4 is 17.0 Å². The van der Waals surface area contributed by atoms with E-state index in [1.807, 2.05) is 0 Å². The molecule has 0 aromatic carbocycles. The highest BCUT2D eigenvalue weighted by Gasteiger charge is 2.18. The van der Waals surface area contributed by atoms with Crippen LogP contribution in [0.4, 0.5) is 0 Å². The number of hydrogen-bond acceptors (Lipinski definition) is 5. The van der Waals surface area contributed by atoms with Gasteiger partial charge in [-0.3, -0.25) is 18.9 Å². The van der Waals surface area contributed by atoms with Crippen LogP contribution in [0.3, 0.4) is 0 Å².